The van der Waals surface area contributed by atoms with Crippen LogP contribution in [0.5, 0.6) is 0 Å². The average Bonchev–Trinajstić information content (AvgIpc) is 2.74. The van der Waals surface area contributed by atoms with Crippen LogP contribution in [0.4, 0.5) is 5.69 Å². The molecule has 0 radical (unpaired) electrons. The predicted molar refractivity (Wildman–Crippen MR) is 82.8 cm³/mol. The van der Waals surface area contributed by atoms with Gasteiger partial charge in [0.1, 0.15) is 0 Å². The molecule has 1 atom stereocenters. The van der Waals surface area contributed by atoms with Crippen LogP contribution in [-0.4, -0.2) is 16.5 Å². The molecule has 3 heteroatoms. The highest BCUT2D eigenvalue weighted by Gasteiger charge is 2.29. The van der Waals surface area contributed by atoms with Crippen molar-refractivity contribution in [2.45, 2.75) is 46.1 Å². The maximum absolute atomic E-state index is 4.82. The largest absolute Gasteiger partial charge is 0.335 e. The first-order chi connectivity index (χ1) is 8.58. The molecule has 0 spiro atoms. The van der Waals surface area contributed by atoms with Crippen molar-refractivity contribution in [3.63, 3.8) is 0 Å². The molecule has 1 aliphatic rings. The third-order valence-corrected chi connectivity index (χ3v) is 4.86. The summed E-state index contributed by atoms with van der Waals surface area (Å²) in [6, 6.07) is 6.47. The van der Waals surface area contributed by atoms with E-state index in [4.69, 9.17) is 4.99 Å². The van der Waals surface area contributed by atoms with Crippen molar-refractivity contribution in [1.29, 1.82) is 0 Å². The fraction of sp³-hybridized carbons (Fsp3) is 0.533. The van der Waals surface area contributed by atoms with Gasteiger partial charge < -0.3 is 5.32 Å². The molecule has 1 N–H and O–H groups in total. The fourth-order valence-electron chi connectivity index (χ4n) is 2.09. The molecule has 18 heavy (non-hydrogen) atoms. The molecule has 0 saturated carbocycles. The summed E-state index contributed by atoms with van der Waals surface area (Å²) in [5, 5.41) is 4.60. The van der Waals surface area contributed by atoms with Crippen LogP contribution in [0.1, 0.15) is 38.3 Å². The van der Waals surface area contributed by atoms with Crippen LogP contribution in [0.2, 0.25) is 0 Å². The van der Waals surface area contributed by atoms with Gasteiger partial charge in [-0.05, 0) is 37.8 Å². The van der Waals surface area contributed by atoms with Gasteiger partial charge in [-0.1, -0.05) is 43.8 Å². The van der Waals surface area contributed by atoms with E-state index >= 15 is 0 Å². The van der Waals surface area contributed by atoms with Crippen LogP contribution in [0, 0.1) is 6.92 Å². The Balaban J connectivity index is 2.23. The summed E-state index contributed by atoms with van der Waals surface area (Å²) in [6.07, 6.45) is 2.15. The van der Waals surface area contributed by atoms with Crippen molar-refractivity contribution in [3.8, 4) is 0 Å². The summed E-state index contributed by atoms with van der Waals surface area (Å²) < 4.78 is 0. The third-order valence-electron chi connectivity index (χ3n) is 3.62. The molecule has 2 rings (SSSR count). The first kappa shape index (κ1) is 13.5. The molecule has 0 aromatic heterocycles. The minimum atomic E-state index is 0.113. The quantitative estimate of drug-likeness (QED) is 0.881. The van der Waals surface area contributed by atoms with Crippen molar-refractivity contribution in [2.24, 2.45) is 4.99 Å². The number of nitrogens with one attached hydrogen (secondary N) is 1. The van der Waals surface area contributed by atoms with Crippen LogP contribution in [0.3, 0.4) is 0 Å². The molecule has 1 heterocycles. The molecular weight excluding hydrogens is 240 g/mol. The normalized spacial score (nSPS) is 23.0. The molecule has 2 nitrogen and oxygen atoms in total. The molecule has 0 aliphatic carbocycles. The predicted octanol–water partition coefficient (Wildman–Crippen LogP) is 4.24. The molecule has 0 saturated heterocycles. The van der Waals surface area contributed by atoms with Gasteiger partial charge in [-0.25, -0.2) is 0 Å². The van der Waals surface area contributed by atoms with Crippen molar-refractivity contribution >= 4 is 22.6 Å². The SMILES string of the molecule is CCc1cccc(C)c1NC1=NC(C)(CC)CS1. The second-order valence-electron chi connectivity index (χ2n) is 5.14. The summed E-state index contributed by atoms with van der Waals surface area (Å²) in [5.41, 5.74) is 4.01. The number of anilines is 1. The van der Waals surface area contributed by atoms with Gasteiger partial charge in [0.2, 0.25) is 0 Å². The van der Waals surface area contributed by atoms with Gasteiger partial charge in [-0.15, -0.1) is 0 Å². The Morgan fingerprint density at radius 2 is 2.17 bits per heavy atom. The molecule has 0 bridgehead atoms. The van der Waals surface area contributed by atoms with E-state index in [-0.39, 0.29) is 5.54 Å². The minimum absolute atomic E-state index is 0.113. The number of hydrogen-bond donors (Lipinski definition) is 1. The maximum atomic E-state index is 4.82. The smallest absolute Gasteiger partial charge is 0.161 e. The number of rotatable bonds is 3. The molecule has 1 aliphatic heterocycles. The molecular formula is C15H22N2S. The van der Waals surface area contributed by atoms with Crippen molar-refractivity contribution < 1.29 is 0 Å². The van der Waals surface area contributed by atoms with Gasteiger partial charge >= 0.3 is 0 Å². The number of para-hydroxylation sites is 1. The van der Waals surface area contributed by atoms with E-state index in [9.17, 15) is 0 Å². The third kappa shape index (κ3) is 2.72. The van der Waals surface area contributed by atoms with E-state index in [0.717, 1.165) is 23.8 Å². The van der Waals surface area contributed by atoms with Crippen LogP contribution in [-0.2, 0) is 6.42 Å². The van der Waals surface area contributed by atoms with E-state index in [2.05, 4.69) is 51.2 Å². The fourth-order valence-corrected chi connectivity index (χ4v) is 3.26. The Bertz CT molecular complexity index is 468. The second-order valence-corrected chi connectivity index (χ2v) is 6.11. The lowest BCUT2D eigenvalue weighted by Gasteiger charge is -2.15. The highest BCUT2D eigenvalue weighted by atomic mass is 32.2. The summed E-state index contributed by atoms with van der Waals surface area (Å²) >= 11 is 1.84. The number of benzene rings is 1. The molecule has 1 aromatic rings. The maximum Gasteiger partial charge on any atom is 0.161 e. The lowest BCUT2D eigenvalue weighted by atomic mass is 10.0. The van der Waals surface area contributed by atoms with Crippen molar-refractivity contribution in [1.82, 2.24) is 0 Å². The van der Waals surface area contributed by atoms with Crippen molar-refractivity contribution in [3.05, 3.63) is 29.3 Å². The number of aliphatic imine (C=N–C) groups is 1. The number of aryl methyl sites for hydroxylation is 2. The van der Waals surface area contributed by atoms with Crippen LogP contribution in [0.25, 0.3) is 0 Å². The van der Waals surface area contributed by atoms with Gasteiger partial charge in [0, 0.05) is 11.4 Å². The van der Waals surface area contributed by atoms with Gasteiger partial charge in [-0.2, -0.15) is 0 Å². The highest BCUT2D eigenvalue weighted by Crippen LogP contribution is 2.32. The Morgan fingerprint density at radius 1 is 1.39 bits per heavy atom. The van der Waals surface area contributed by atoms with Gasteiger partial charge in [-0.3, -0.25) is 4.99 Å². The van der Waals surface area contributed by atoms with Gasteiger partial charge in [0.05, 0.1) is 5.54 Å². The van der Waals surface area contributed by atoms with E-state index in [1.54, 1.807) is 0 Å². The Morgan fingerprint density at radius 3 is 2.78 bits per heavy atom. The highest BCUT2D eigenvalue weighted by molar-refractivity contribution is 8.14. The number of hydrogen-bond acceptors (Lipinski definition) is 3. The standard InChI is InChI=1S/C15H22N2S/c1-5-12-9-7-8-11(3)13(12)16-14-17-15(4,6-2)10-18-14/h7-9H,5-6,10H2,1-4H3,(H,16,17). The van der Waals surface area contributed by atoms with Crippen LogP contribution in [0.15, 0.2) is 23.2 Å². The number of nitrogens with zero attached hydrogens (tertiary/aromatic N) is 1. The van der Waals surface area contributed by atoms with Crippen LogP contribution >= 0.6 is 11.8 Å². The summed E-state index contributed by atoms with van der Waals surface area (Å²) in [7, 11) is 0. The van der Waals surface area contributed by atoms with E-state index < -0.39 is 0 Å². The number of amidine groups is 1. The minimum Gasteiger partial charge on any atom is -0.335 e. The van der Waals surface area contributed by atoms with E-state index in [0.29, 0.717) is 0 Å². The lowest BCUT2D eigenvalue weighted by molar-refractivity contribution is 0.523. The monoisotopic (exact) mass is 262 g/mol. The second kappa shape index (κ2) is 5.35. The van der Waals surface area contributed by atoms with E-state index in [1.165, 1.54) is 16.8 Å². The van der Waals surface area contributed by atoms with Gasteiger partial charge in [0.15, 0.2) is 5.17 Å². The zero-order valence-electron chi connectivity index (χ0n) is 11.7. The molecule has 1 aromatic carbocycles. The Labute approximate surface area is 114 Å². The first-order valence-electron chi connectivity index (χ1n) is 6.66. The zero-order chi connectivity index (χ0) is 13.2. The van der Waals surface area contributed by atoms with Gasteiger partial charge in [0.25, 0.3) is 0 Å². The first-order valence-corrected chi connectivity index (χ1v) is 7.64. The summed E-state index contributed by atoms with van der Waals surface area (Å²) in [6.45, 7) is 8.78. The molecule has 98 valence electrons. The molecule has 0 amide bonds. The topological polar surface area (TPSA) is 24.4 Å². The van der Waals surface area contributed by atoms with E-state index in [1.807, 2.05) is 11.8 Å². The average molecular weight is 262 g/mol. The molecule has 0 fully saturated rings. The summed E-state index contributed by atoms with van der Waals surface area (Å²) in [5.74, 6) is 1.08. The van der Waals surface area contributed by atoms with Crippen molar-refractivity contribution in [2.75, 3.05) is 11.1 Å². The number of thioether (sulfide) groups is 1. The molecule has 1 unspecified atom stereocenters. The summed E-state index contributed by atoms with van der Waals surface area (Å²) in [4.78, 5) is 4.82. The lowest BCUT2D eigenvalue weighted by Crippen LogP contribution is -2.20. The zero-order valence-corrected chi connectivity index (χ0v) is 12.5. The van der Waals surface area contributed by atoms with Crippen LogP contribution < -0.4 is 5.32 Å². The Hall–Kier alpha value is -0.960. The Kier molecular flexibility index (Phi) is 4.00.